The molecular formula is C27H25N3O4S. The van der Waals surface area contributed by atoms with Gasteiger partial charge in [0, 0.05) is 11.3 Å². The molecule has 0 aliphatic heterocycles. The highest BCUT2D eigenvalue weighted by Crippen LogP contribution is 2.20. The van der Waals surface area contributed by atoms with E-state index in [4.69, 9.17) is 4.74 Å². The summed E-state index contributed by atoms with van der Waals surface area (Å²) in [5.41, 5.74) is 4.82. The quantitative estimate of drug-likeness (QED) is 0.264. The second-order valence-corrected chi connectivity index (χ2v) is 9.47. The summed E-state index contributed by atoms with van der Waals surface area (Å²) in [4.78, 5) is 12.6. The lowest BCUT2D eigenvalue weighted by atomic mass is 10.0. The Labute approximate surface area is 204 Å². The highest BCUT2D eigenvalue weighted by Gasteiger charge is 2.15. The maximum atomic E-state index is 12.6. The summed E-state index contributed by atoms with van der Waals surface area (Å²) in [5, 5.41) is 6.44. The normalized spacial score (nSPS) is 11.8. The van der Waals surface area contributed by atoms with Crippen LogP contribution in [0.1, 0.15) is 29.8 Å². The minimum absolute atomic E-state index is 0.112. The SMILES string of the molecule is CCOc1ccc(S(=O)(=O)Nc2ccc(C(=O)NN=C(C)c3ccc4ccccc4c3)cc2)cc1. The third-order valence-electron chi connectivity index (χ3n) is 5.34. The van der Waals surface area contributed by atoms with E-state index in [0.29, 0.717) is 29.3 Å². The Kier molecular flexibility index (Phi) is 7.12. The van der Waals surface area contributed by atoms with E-state index in [2.05, 4.69) is 15.2 Å². The predicted octanol–water partition coefficient (Wildman–Crippen LogP) is 5.19. The third-order valence-corrected chi connectivity index (χ3v) is 6.73. The summed E-state index contributed by atoms with van der Waals surface area (Å²) in [6.45, 7) is 4.18. The van der Waals surface area contributed by atoms with Crippen molar-refractivity contribution in [3.63, 3.8) is 0 Å². The molecule has 4 aromatic carbocycles. The van der Waals surface area contributed by atoms with Crippen LogP contribution in [0, 0.1) is 0 Å². The van der Waals surface area contributed by atoms with Crippen LogP contribution >= 0.6 is 0 Å². The highest BCUT2D eigenvalue weighted by atomic mass is 32.2. The molecule has 4 aromatic rings. The van der Waals surface area contributed by atoms with E-state index >= 15 is 0 Å². The van der Waals surface area contributed by atoms with E-state index in [1.54, 1.807) is 12.1 Å². The Bertz CT molecular complexity index is 1480. The van der Waals surface area contributed by atoms with Crippen LogP contribution in [0.15, 0.2) is 101 Å². The molecule has 0 aliphatic rings. The van der Waals surface area contributed by atoms with Crippen molar-refractivity contribution in [1.29, 1.82) is 0 Å². The third kappa shape index (κ3) is 5.85. The molecule has 0 aliphatic carbocycles. The predicted molar refractivity (Wildman–Crippen MR) is 138 cm³/mol. The number of rotatable bonds is 8. The molecule has 0 saturated heterocycles. The highest BCUT2D eigenvalue weighted by molar-refractivity contribution is 7.92. The second-order valence-electron chi connectivity index (χ2n) is 7.79. The molecule has 0 aromatic heterocycles. The summed E-state index contributed by atoms with van der Waals surface area (Å²) in [6.07, 6.45) is 0. The van der Waals surface area contributed by atoms with Crippen molar-refractivity contribution >= 4 is 38.1 Å². The summed E-state index contributed by atoms with van der Waals surface area (Å²) in [6, 6.07) is 26.3. The maximum absolute atomic E-state index is 12.6. The van der Waals surface area contributed by atoms with Crippen molar-refractivity contribution in [3.05, 3.63) is 102 Å². The molecule has 0 bridgehead atoms. The van der Waals surface area contributed by atoms with Gasteiger partial charge in [-0.1, -0.05) is 36.4 Å². The maximum Gasteiger partial charge on any atom is 0.271 e. The van der Waals surface area contributed by atoms with Gasteiger partial charge in [-0.25, -0.2) is 13.8 Å². The fourth-order valence-electron chi connectivity index (χ4n) is 3.46. The van der Waals surface area contributed by atoms with E-state index in [1.165, 1.54) is 36.4 Å². The first-order chi connectivity index (χ1) is 16.9. The number of benzene rings is 4. The van der Waals surface area contributed by atoms with Crippen LogP contribution in [0.5, 0.6) is 5.75 Å². The van der Waals surface area contributed by atoms with Gasteiger partial charge in [0.05, 0.1) is 17.2 Å². The fourth-order valence-corrected chi connectivity index (χ4v) is 4.52. The lowest BCUT2D eigenvalue weighted by Gasteiger charge is -2.10. The number of hydrogen-bond acceptors (Lipinski definition) is 5. The number of nitrogens with zero attached hydrogens (tertiary/aromatic N) is 1. The summed E-state index contributed by atoms with van der Waals surface area (Å²) >= 11 is 0. The first kappa shape index (κ1) is 24.0. The van der Waals surface area contributed by atoms with Gasteiger partial charge < -0.3 is 4.74 Å². The number of hydrazone groups is 1. The molecular weight excluding hydrogens is 462 g/mol. The van der Waals surface area contributed by atoms with Crippen LogP contribution in [0.4, 0.5) is 5.69 Å². The molecule has 2 N–H and O–H groups in total. The average molecular weight is 488 g/mol. The van der Waals surface area contributed by atoms with Gasteiger partial charge in [0.1, 0.15) is 5.75 Å². The van der Waals surface area contributed by atoms with Gasteiger partial charge >= 0.3 is 0 Å². The zero-order chi connectivity index (χ0) is 24.8. The Morgan fingerprint density at radius 3 is 2.20 bits per heavy atom. The summed E-state index contributed by atoms with van der Waals surface area (Å²) < 4.78 is 33.1. The number of amides is 1. The van der Waals surface area contributed by atoms with E-state index in [9.17, 15) is 13.2 Å². The second kappa shape index (κ2) is 10.4. The Balaban J connectivity index is 1.40. The lowest BCUT2D eigenvalue weighted by molar-refractivity contribution is 0.0955. The molecule has 0 spiro atoms. The van der Waals surface area contributed by atoms with E-state index < -0.39 is 15.9 Å². The topological polar surface area (TPSA) is 96.9 Å². The number of fused-ring (bicyclic) bond motifs is 1. The molecule has 7 nitrogen and oxygen atoms in total. The summed E-state index contributed by atoms with van der Waals surface area (Å²) in [5.74, 6) is 0.200. The molecule has 0 radical (unpaired) electrons. The lowest BCUT2D eigenvalue weighted by Crippen LogP contribution is -2.19. The molecule has 8 heteroatoms. The number of sulfonamides is 1. The molecule has 4 rings (SSSR count). The zero-order valence-electron chi connectivity index (χ0n) is 19.4. The number of hydrogen-bond donors (Lipinski definition) is 2. The zero-order valence-corrected chi connectivity index (χ0v) is 20.2. The van der Waals surface area contributed by atoms with E-state index in [1.807, 2.05) is 56.3 Å². The average Bonchev–Trinajstić information content (AvgIpc) is 2.87. The number of ether oxygens (including phenoxy) is 1. The van der Waals surface area contributed by atoms with Crippen molar-refractivity contribution in [2.45, 2.75) is 18.7 Å². The Hall–Kier alpha value is -4.17. The van der Waals surface area contributed by atoms with Gasteiger partial charge in [-0.05, 0) is 84.8 Å². The van der Waals surface area contributed by atoms with E-state index in [-0.39, 0.29) is 4.90 Å². The number of nitrogens with one attached hydrogen (secondary N) is 2. The monoisotopic (exact) mass is 487 g/mol. The van der Waals surface area contributed by atoms with Crippen LogP contribution in [-0.2, 0) is 10.0 Å². The van der Waals surface area contributed by atoms with E-state index in [0.717, 1.165) is 16.3 Å². The molecule has 0 heterocycles. The van der Waals surface area contributed by atoms with Crippen molar-refractivity contribution in [2.75, 3.05) is 11.3 Å². The van der Waals surface area contributed by atoms with Crippen molar-refractivity contribution < 1.29 is 17.9 Å². The number of carbonyl (C=O) groups is 1. The summed E-state index contributed by atoms with van der Waals surface area (Å²) in [7, 11) is -3.77. The molecule has 0 atom stereocenters. The molecule has 35 heavy (non-hydrogen) atoms. The Morgan fingerprint density at radius 2 is 1.51 bits per heavy atom. The van der Waals surface area contributed by atoms with Crippen molar-refractivity contribution in [3.8, 4) is 5.75 Å². The van der Waals surface area contributed by atoms with Gasteiger partial charge in [-0.3, -0.25) is 9.52 Å². The van der Waals surface area contributed by atoms with Gasteiger partial charge in [0.25, 0.3) is 15.9 Å². The van der Waals surface area contributed by atoms with Crippen molar-refractivity contribution in [2.24, 2.45) is 5.10 Å². The molecule has 0 saturated carbocycles. The van der Waals surface area contributed by atoms with Crippen LogP contribution in [0.2, 0.25) is 0 Å². The largest absolute Gasteiger partial charge is 0.494 e. The van der Waals surface area contributed by atoms with Gasteiger partial charge in [0.15, 0.2) is 0 Å². The Morgan fingerprint density at radius 1 is 0.857 bits per heavy atom. The minimum Gasteiger partial charge on any atom is -0.494 e. The van der Waals surface area contributed by atoms with Crippen LogP contribution in [0.3, 0.4) is 0 Å². The van der Waals surface area contributed by atoms with Crippen LogP contribution in [-0.4, -0.2) is 26.6 Å². The first-order valence-electron chi connectivity index (χ1n) is 11.1. The van der Waals surface area contributed by atoms with Crippen LogP contribution in [0.25, 0.3) is 10.8 Å². The van der Waals surface area contributed by atoms with Crippen LogP contribution < -0.4 is 14.9 Å². The standard InChI is InChI=1S/C27H25N3O4S/c1-3-34-25-14-16-26(17-15-25)35(32,33)30-24-12-10-21(11-13-24)27(31)29-28-19(2)22-9-8-20-6-4-5-7-23(20)18-22/h4-18,30H,3H2,1-2H3,(H,29,31). The molecule has 0 unspecified atom stereocenters. The minimum atomic E-state index is -3.77. The molecule has 1 amide bonds. The fraction of sp³-hybridized carbons (Fsp3) is 0.111. The van der Waals surface area contributed by atoms with Crippen molar-refractivity contribution in [1.82, 2.24) is 5.43 Å². The first-order valence-corrected chi connectivity index (χ1v) is 12.5. The van der Waals surface area contributed by atoms with Gasteiger partial charge in [0.2, 0.25) is 0 Å². The number of anilines is 1. The molecule has 0 fully saturated rings. The van der Waals surface area contributed by atoms with Gasteiger partial charge in [-0.2, -0.15) is 5.10 Å². The number of carbonyl (C=O) groups excluding carboxylic acids is 1. The van der Waals surface area contributed by atoms with Gasteiger partial charge in [-0.15, -0.1) is 0 Å². The smallest absolute Gasteiger partial charge is 0.271 e. The molecule has 178 valence electrons.